The number of benzene rings is 28. The summed E-state index contributed by atoms with van der Waals surface area (Å²) in [7, 11) is 0. The van der Waals surface area contributed by atoms with Gasteiger partial charge in [-0.2, -0.15) is 0 Å². The lowest BCUT2D eigenvalue weighted by molar-refractivity contribution is 0.592. The number of hydrogen-bond donors (Lipinski definition) is 0. The van der Waals surface area contributed by atoms with E-state index < -0.39 is 0 Å². The second kappa shape index (κ2) is 23.2. The molecule has 0 bridgehead atoms. The monoisotopic (exact) mass is 1650 g/mol. The maximum absolute atomic E-state index is 2.78. The Hall–Kier alpha value is -12.9. The van der Waals surface area contributed by atoms with E-state index in [1.807, 2.05) is 0 Å². The van der Waals surface area contributed by atoms with E-state index in [9.17, 15) is 0 Å². The molecule has 2 nitrogen and oxygen atoms in total. The van der Waals surface area contributed by atoms with Gasteiger partial charge >= 0.3 is 0 Å². The quantitative estimate of drug-likeness (QED) is 0.0954. The van der Waals surface area contributed by atoms with Crippen LogP contribution in [0, 0.1) is 0 Å². The van der Waals surface area contributed by atoms with Crippen LogP contribution in [0.2, 0.25) is 0 Å². The van der Waals surface area contributed by atoms with E-state index in [2.05, 4.69) is 337 Å². The van der Waals surface area contributed by atoms with Gasteiger partial charge in [-0.1, -0.05) is 291 Å². The first-order valence-electron chi connectivity index (χ1n) is 48.7. The highest BCUT2D eigenvalue weighted by atomic mass is 15.5. The Labute approximate surface area is 747 Å². The third-order valence-corrected chi connectivity index (χ3v) is 34.0. The van der Waals surface area contributed by atoms with Gasteiger partial charge in [0.2, 0.25) is 0 Å². The second-order valence-corrected chi connectivity index (χ2v) is 44.8. The summed E-state index contributed by atoms with van der Waals surface area (Å²) in [6.45, 7) is 51.2. The van der Waals surface area contributed by atoms with Crippen molar-refractivity contribution in [2.45, 2.75) is 204 Å². The van der Waals surface area contributed by atoms with Gasteiger partial charge in [0, 0.05) is 32.3 Å². The molecule has 28 aromatic carbocycles. The van der Waals surface area contributed by atoms with Crippen LogP contribution in [0.1, 0.15) is 254 Å². The van der Waals surface area contributed by atoms with Crippen LogP contribution < -0.4 is 0 Å². The maximum atomic E-state index is 2.78. The Morgan fingerprint density at radius 1 is 0.147 bits per heavy atom. The van der Waals surface area contributed by atoms with Crippen molar-refractivity contribution in [2.24, 2.45) is 0 Å². The van der Waals surface area contributed by atoms with Crippen molar-refractivity contribution >= 4 is 302 Å². The molecule has 129 heavy (non-hydrogen) atoms. The van der Waals surface area contributed by atoms with Gasteiger partial charge in [0.25, 0.3) is 0 Å². The molecule has 30 aromatic rings. The van der Waals surface area contributed by atoms with Gasteiger partial charge in [-0.15, -0.1) is 0 Å². The topological polar surface area (TPSA) is 9.86 Å². The van der Waals surface area contributed by atoms with Gasteiger partial charge in [0.15, 0.2) is 0 Å². The van der Waals surface area contributed by atoms with Crippen LogP contribution in [0.3, 0.4) is 0 Å². The van der Waals surface area contributed by atoms with Crippen LogP contribution in [-0.2, 0) is 5.41 Å². The molecule has 0 unspecified atom stereocenters. The lowest BCUT2D eigenvalue weighted by Crippen LogP contribution is -2.11. The predicted molar refractivity (Wildman–Crippen MR) is 570 cm³/mol. The van der Waals surface area contributed by atoms with E-state index in [4.69, 9.17) is 0 Å². The Morgan fingerprint density at radius 3 is 0.512 bits per heavy atom. The molecule has 2 heteroatoms. The lowest BCUT2D eigenvalue weighted by Gasteiger charge is -2.31. The van der Waals surface area contributed by atoms with Crippen molar-refractivity contribution in [1.29, 1.82) is 0 Å². The molecule has 0 radical (unpaired) electrons. The van der Waals surface area contributed by atoms with E-state index >= 15 is 0 Å². The number of rotatable bonds is 10. The number of hydrogen-bond acceptors (Lipinski definition) is 0. The van der Waals surface area contributed by atoms with Crippen LogP contribution in [0.25, 0.3) is 302 Å². The summed E-state index contributed by atoms with van der Waals surface area (Å²) >= 11 is 0. The number of aromatic nitrogens is 2. The van der Waals surface area contributed by atoms with Crippen molar-refractivity contribution in [1.82, 2.24) is 9.35 Å². The fourth-order valence-corrected chi connectivity index (χ4v) is 27.6. The first-order valence-corrected chi connectivity index (χ1v) is 48.7. The van der Waals surface area contributed by atoms with Crippen molar-refractivity contribution < 1.29 is 0 Å². The van der Waals surface area contributed by atoms with Crippen molar-refractivity contribution in [3.05, 3.63) is 238 Å². The number of fused-ring (bicyclic) bond motifs is 20. The minimum Gasteiger partial charge on any atom is -0.248 e. The average molecular weight is 1660 g/mol. The molecule has 2 aromatic heterocycles. The summed E-state index contributed by atoms with van der Waals surface area (Å²) in [4.78, 5) is 0. The molecule has 0 aliphatic rings. The lowest BCUT2D eigenvalue weighted by atomic mass is 9.71. The summed E-state index contributed by atoms with van der Waals surface area (Å²) in [6, 6.07) is 78.3. The zero-order chi connectivity index (χ0) is 87.2. The fraction of sp³-hybridized carbons (Fsp3) is 0.244. The molecule has 0 amide bonds. The average Bonchev–Trinajstić information content (AvgIpc) is 1.41. The van der Waals surface area contributed by atoms with E-state index in [0.29, 0.717) is 35.5 Å². The van der Waals surface area contributed by atoms with Gasteiger partial charge in [-0.3, -0.25) is 0 Å². The van der Waals surface area contributed by atoms with Crippen LogP contribution in [0.5, 0.6) is 0 Å². The predicted octanol–water partition coefficient (Wildman–Crippen LogP) is 38.6. The Morgan fingerprint density at radius 2 is 0.302 bits per heavy atom. The summed E-state index contributed by atoms with van der Waals surface area (Å²) in [5.74, 6) is 2.65. The van der Waals surface area contributed by atoms with E-state index in [-0.39, 0.29) is 23.2 Å². The molecule has 0 spiro atoms. The van der Waals surface area contributed by atoms with Crippen LogP contribution in [0.15, 0.2) is 182 Å². The molecule has 0 N–H and O–H groups in total. The maximum Gasteiger partial charge on any atom is 0.0729 e. The molecular formula is C127H102N2. The SMILES string of the molecule is CC(C)c1cc2c3cc(C(C)C)cc4c5cc(C(C)C)cc6c7cc8c(c9ccccc9n8-n8c9ccccc9c9c%10c%11cc(C(C)(C)C)cc%12c%13cc(C(C)C)cc%14c%15cc(C(C)C)cc%16c%17cc(C(C)C)cc%18c%19cc(C(C)C)cc%20c(cc98)c%10c8c(c%19%20)c(c%17%18)c(c%16%15)c(c%14%13)c8c%12%11)c8c9cc(C(C)C)cc%10c%11cc(C(C)C)cc%12c(c1)c2c1c(c34)c(c56)c(c78)c(c%109)c1c%12%11. The van der Waals surface area contributed by atoms with Crippen molar-refractivity contribution in [3.8, 4) is 0 Å². The zero-order valence-electron chi connectivity index (χ0n) is 77.9. The number of para-hydroxylation sites is 2. The summed E-state index contributed by atoms with van der Waals surface area (Å²) in [5, 5.41) is 73.0. The molecule has 0 aliphatic heterocycles. The zero-order valence-corrected chi connectivity index (χ0v) is 77.9. The summed E-state index contributed by atoms with van der Waals surface area (Å²) in [6.07, 6.45) is 0. The van der Waals surface area contributed by atoms with Gasteiger partial charge in [0.05, 0.1) is 22.1 Å². The molecule has 0 aliphatic carbocycles. The smallest absolute Gasteiger partial charge is 0.0729 e. The van der Waals surface area contributed by atoms with Crippen molar-refractivity contribution in [2.75, 3.05) is 0 Å². The molecule has 0 saturated heterocycles. The standard InChI is InChI=1S/C127H102N2/c1-52(2)61-30-73-76-33-63(54(5)6)36-80-83-40-67(58(13)14)44-88-91-50-97-109(113-93-47-69(60(17)18)46-86-85-42-65(56(9)10)38-78-75(32-61)99(73)115-117(101(76)80)121(105(83)88)125(111(91)113)123(107(86)93)119(115)103(78)85)71-26-22-24-28-95(71)128(97)129-96-29-25-23-27-72(96)110-98(129)51-92-89-45-68(59(15)16)41-84-81-37-64(55(7)8)34-77-74-31-62(53(3)4)35-79-82-39-66(57(11)12)43-87-90-48-70(127(19,20)21)49-94-108(90)124-120(104(82)87)116(100(74)79)118(102(77)81)122(106(84)89)126(124)112(92)114(94)110/h22-60H,1-21H3. The normalized spacial score (nSPS) is 14.1. The highest BCUT2D eigenvalue weighted by Gasteiger charge is 2.40. The van der Waals surface area contributed by atoms with Crippen LogP contribution in [-0.4, -0.2) is 9.35 Å². The van der Waals surface area contributed by atoms with Crippen molar-refractivity contribution in [3.63, 3.8) is 0 Å². The van der Waals surface area contributed by atoms with E-state index in [1.54, 1.807) is 0 Å². The van der Waals surface area contributed by atoms with Gasteiger partial charge < -0.3 is 0 Å². The third-order valence-electron chi connectivity index (χ3n) is 34.0. The minimum absolute atomic E-state index is 0.205. The van der Waals surface area contributed by atoms with Gasteiger partial charge in [0.1, 0.15) is 0 Å². The second-order valence-electron chi connectivity index (χ2n) is 44.8. The Kier molecular flexibility index (Phi) is 13.2. The molecule has 0 atom stereocenters. The molecule has 0 saturated carbocycles. The molecule has 2 heterocycles. The first-order chi connectivity index (χ1) is 62.1. The molecular weight excluding hydrogens is 1550 g/mol. The fourth-order valence-electron chi connectivity index (χ4n) is 27.6. The summed E-state index contributed by atoms with van der Waals surface area (Å²) < 4.78 is 5.56. The number of nitrogens with zero attached hydrogens (tertiary/aromatic N) is 2. The molecule has 620 valence electrons. The Balaban J connectivity index is 0.872. The highest BCUT2D eigenvalue weighted by molar-refractivity contribution is 6.65. The third kappa shape index (κ3) is 8.23. The van der Waals surface area contributed by atoms with Crippen LogP contribution in [0.4, 0.5) is 0 Å². The van der Waals surface area contributed by atoms with Gasteiger partial charge in [-0.05, 0) is 398 Å². The van der Waals surface area contributed by atoms with E-state index in [0.717, 1.165) is 0 Å². The minimum atomic E-state index is -0.205. The molecule has 30 rings (SSSR count). The largest absolute Gasteiger partial charge is 0.248 e. The first kappa shape index (κ1) is 73.1. The van der Waals surface area contributed by atoms with Gasteiger partial charge in [-0.25, -0.2) is 9.35 Å². The molecule has 0 fully saturated rings. The highest BCUT2D eigenvalue weighted by Crippen LogP contribution is 2.67. The summed E-state index contributed by atoms with van der Waals surface area (Å²) in [5.41, 5.74) is 18.6. The Bertz CT molecular complexity index is 10200. The van der Waals surface area contributed by atoms with Crippen LogP contribution >= 0.6 is 0 Å². The van der Waals surface area contributed by atoms with E-state index in [1.165, 1.54) is 358 Å².